The summed E-state index contributed by atoms with van der Waals surface area (Å²) in [6, 6.07) is 1.71. The molecule has 1 aliphatic carbocycles. The Morgan fingerprint density at radius 3 is 3.17 bits per heavy atom. The average Bonchev–Trinajstić information content (AvgIpc) is 2.04. The Kier molecular flexibility index (Phi) is 1.43. The number of carbonyl (C=O) groups excluding carboxylic acids is 1. The van der Waals surface area contributed by atoms with Gasteiger partial charge in [0, 0.05) is 18.0 Å². The van der Waals surface area contributed by atoms with Crippen molar-refractivity contribution in [1.29, 1.82) is 0 Å². The van der Waals surface area contributed by atoms with Crippen molar-refractivity contribution in [2.24, 2.45) is 0 Å². The predicted molar refractivity (Wildman–Crippen MR) is 43.8 cm³/mol. The highest BCUT2D eigenvalue weighted by molar-refractivity contribution is 6.02. The molecule has 1 N–H and O–H groups in total. The second kappa shape index (κ2) is 2.44. The molecule has 1 aromatic rings. The Morgan fingerprint density at radius 2 is 2.33 bits per heavy atom. The second-order valence-corrected chi connectivity index (χ2v) is 2.70. The fraction of sp³-hybridized carbons (Fsp3) is 0.111. The monoisotopic (exact) mass is 161 g/mol. The number of ketones is 1. The third kappa shape index (κ3) is 0.993. The number of hydrogen-bond donors (Lipinski definition) is 1. The van der Waals surface area contributed by atoms with Crippen LogP contribution in [0.1, 0.15) is 22.3 Å². The zero-order valence-corrected chi connectivity index (χ0v) is 6.32. The van der Waals surface area contributed by atoms with Crippen molar-refractivity contribution in [3.8, 4) is 0 Å². The van der Waals surface area contributed by atoms with Crippen LogP contribution in [0.2, 0.25) is 0 Å². The van der Waals surface area contributed by atoms with Crippen LogP contribution in [0.25, 0.3) is 6.08 Å². The van der Waals surface area contributed by atoms with Crippen LogP contribution in [0.5, 0.6) is 0 Å². The minimum Gasteiger partial charge on any atom is -0.512 e. The quantitative estimate of drug-likeness (QED) is 0.628. The van der Waals surface area contributed by atoms with E-state index in [1.165, 1.54) is 6.20 Å². The van der Waals surface area contributed by atoms with Gasteiger partial charge in [-0.2, -0.15) is 0 Å². The zero-order chi connectivity index (χ0) is 8.55. The molecule has 0 fully saturated rings. The lowest BCUT2D eigenvalue weighted by Gasteiger charge is -2.09. The number of nitrogens with zero attached hydrogens (tertiary/aromatic N) is 1. The molecule has 3 nitrogen and oxygen atoms in total. The van der Waals surface area contributed by atoms with Crippen molar-refractivity contribution in [3.63, 3.8) is 0 Å². The summed E-state index contributed by atoms with van der Waals surface area (Å²) in [4.78, 5) is 15.1. The number of fused-ring (bicyclic) bond motifs is 1. The molecule has 3 heteroatoms. The molecule has 0 aliphatic heterocycles. The van der Waals surface area contributed by atoms with E-state index >= 15 is 0 Å². The molecule has 0 saturated carbocycles. The van der Waals surface area contributed by atoms with Crippen molar-refractivity contribution >= 4 is 11.9 Å². The zero-order valence-electron chi connectivity index (χ0n) is 6.32. The number of hydrogen-bond acceptors (Lipinski definition) is 3. The number of aliphatic hydroxyl groups excluding tert-OH is 1. The lowest BCUT2D eigenvalue weighted by atomic mass is 9.97. The van der Waals surface area contributed by atoms with Crippen LogP contribution in [0.15, 0.2) is 24.2 Å². The van der Waals surface area contributed by atoms with E-state index in [0.717, 1.165) is 5.56 Å². The SMILES string of the molecule is O=C1CC(O)=Cc2ccncc21. The van der Waals surface area contributed by atoms with E-state index in [1.54, 1.807) is 18.3 Å². The lowest BCUT2D eigenvalue weighted by molar-refractivity contribution is 0.0978. The maximum absolute atomic E-state index is 11.3. The molecule has 1 heterocycles. The molecule has 0 radical (unpaired) electrons. The van der Waals surface area contributed by atoms with Crippen LogP contribution in [-0.4, -0.2) is 15.9 Å². The van der Waals surface area contributed by atoms with Crippen LogP contribution in [0, 0.1) is 0 Å². The second-order valence-electron chi connectivity index (χ2n) is 2.70. The van der Waals surface area contributed by atoms with Crippen LogP contribution in [0.4, 0.5) is 0 Å². The number of rotatable bonds is 0. The van der Waals surface area contributed by atoms with Gasteiger partial charge in [0.15, 0.2) is 5.78 Å². The number of allylic oxidation sites excluding steroid dienone is 1. The third-order valence-electron chi connectivity index (χ3n) is 1.82. The lowest BCUT2D eigenvalue weighted by Crippen LogP contribution is -2.08. The first-order valence-electron chi connectivity index (χ1n) is 3.64. The van der Waals surface area contributed by atoms with Gasteiger partial charge in [0.25, 0.3) is 0 Å². The smallest absolute Gasteiger partial charge is 0.172 e. The van der Waals surface area contributed by atoms with Crippen LogP contribution in [0.3, 0.4) is 0 Å². The first-order chi connectivity index (χ1) is 5.77. The van der Waals surface area contributed by atoms with Crippen LogP contribution >= 0.6 is 0 Å². The summed E-state index contributed by atoms with van der Waals surface area (Å²) in [5.74, 6) is 0.0526. The Balaban J connectivity index is 2.62. The Hall–Kier alpha value is -1.64. The largest absolute Gasteiger partial charge is 0.512 e. The number of aliphatic hydroxyl groups is 1. The molecule has 2 rings (SSSR count). The number of pyridine rings is 1. The molecule has 12 heavy (non-hydrogen) atoms. The first-order valence-corrected chi connectivity index (χ1v) is 3.64. The van der Waals surface area contributed by atoms with Crippen molar-refractivity contribution < 1.29 is 9.90 Å². The van der Waals surface area contributed by atoms with Crippen molar-refractivity contribution in [3.05, 3.63) is 35.3 Å². The van der Waals surface area contributed by atoms with E-state index in [4.69, 9.17) is 5.11 Å². The molecule has 0 aromatic carbocycles. The van der Waals surface area contributed by atoms with E-state index in [9.17, 15) is 4.79 Å². The van der Waals surface area contributed by atoms with Gasteiger partial charge in [-0.1, -0.05) is 0 Å². The molecular formula is C9H7NO2. The van der Waals surface area contributed by atoms with Gasteiger partial charge in [0.05, 0.1) is 6.42 Å². The van der Waals surface area contributed by atoms with E-state index in [0.29, 0.717) is 5.56 Å². The summed E-state index contributed by atoms with van der Waals surface area (Å²) in [5, 5.41) is 9.15. The number of carbonyl (C=O) groups is 1. The predicted octanol–water partition coefficient (Wildman–Crippen LogP) is 1.57. The minimum atomic E-state index is -0.0712. The van der Waals surface area contributed by atoms with Crippen molar-refractivity contribution in [2.45, 2.75) is 6.42 Å². The van der Waals surface area contributed by atoms with Crippen LogP contribution in [-0.2, 0) is 0 Å². The van der Waals surface area contributed by atoms with Gasteiger partial charge < -0.3 is 5.11 Å². The van der Waals surface area contributed by atoms with Crippen molar-refractivity contribution in [2.75, 3.05) is 0 Å². The molecule has 0 saturated heterocycles. The van der Waals surface area contributed by atoms with Gasteiger partial charge >= 0.3 is 0 Å². The molecule has 0 atom stereocenters. The molecule has 60 valence electrons. The van der Waals surface area contributed by atoms with E-state index in [-0.39, 0.29) is 18.0 Å². The fourth-order valence-electron chi connectivity index (χ4n) is 1.25. The highest BCUT2D eigenvalue weighted by Crippen LogP contribution is 2.20. The van der Waals surface area contributed by atoms with E-state index < -0.39 is 0 Å². The molecule has 1 aliphatic rings. The topological polar surface area (TPSA) is 50.2 Å². The van der Waals surface area contributed by atoms with Gasteiger partial charge in [-0.3, -0.25) is 9.78 Å². The van der Waals surface area contributed by atoms with Gasteiger partial charge in [-0.25, -0.2) is 0 Å². The Bertz CT molecular complexity index is 369. The Morgan fingerprint density at radius 1 is 1.50 bits per heavy atom. The fourth-order valence-corrected chi connectivity index (χ4v) is 1.25. The van der Waals surface area contributed by atoms with Crippen molar-refractivity contribution in [1.82, 2.24) is 4.98 Å². The van der Waals surface area contributed by atoms with E-state index in [2.05, 4.69) is 4.98 Å². The summed E-state index contributed by atoms with van der Waals surface area (Å²) in [7, 11) is 0. The molecule has 1 aromatic heterocycles. The molecule has 0 unspecified atom stereocenters. The Labute approximate surface area is 69.4 Å². The maximum Gasteiger partial charge on any atom is 0.172 e. The van der Waals surface area contributed by atoms with Gasteiger partial charge in [-0.15, -0.1) is 0 Å². The first kappa shape index (κ1) is 7.03. The summed E-state index contributed by atoms with van der Waals surface area (Å²) in [5.41, 5.74) is 1.34. The molecular weight excluding hydrogens is 154 g/mol. The van der Waals surface area contributed by atoms with E-state index in [1.807, 2.05) is 0 Å². The highest BCUT2D eigenvalue weighted by Gasteiger charge is 2.17. The summed E-state index contributed by atoms with van der Waals surface area (Å²) < 4.78 is 0. The molecule has 0 amide bonds. The van der Waals surface area contributed by atoms with Gasteiger partial charge in [0.1, 0.15) is 5.76 Å². The van der Waals surface area contributed by atoms with Gasteiger partial charge in [-0.05, 0) is 17.7 Å². The molecule has 0 spiro atoms. The number of aromatic nitrogens is 1. The standard InChI is InChI=1S/C9H7NO2/c11-7-3-6-1-2-10-5-8(6)9(12)4-7/h1-3,5,11H,4H2. The molecule has 0 bridgehead atoms. The average molecular weight is 161 g/mol. The number of Topliss-reactive ketones (excluding diaryl/α,β-unsaturated/α-hetero) is 1. The highest BCUT2D eigenvalue weighted by atomic mass is 16.3. The normalized spacial score (nSPS) is 15.3. The summed E-state index contributed by atoms with van der Waals surface area (Å²) in [6.07, 6.45) is 4.82. The third-order valence-corrected chi connectivity index (χ3v) is 1.82. The summed E-state index contributed by atoms with van der Waals surface area (Å²) in [6.45, 7) is 0. The summed E-state index contributed by atoms with van der Waals surface area (Å²) >= 11 is 0. The minimum absolute atomic E-state index is 0.0712. The van der Waals surface area contributed by atoms with Gasteiger partial charge in [0.2, 0.25) is 0 Å². The van der Waals surface area contributed by atoms with Crippen LogP contribution < -0.4 is 0 Å². The maximum atomic E-state index is 11.3.